The maximum Gasteiger partial charge on any atom is 0.326 e. The molecular weight excluding hydrogens is 436 g/mol. The fraction of sp³-hybridized carbons (Fsp3) is 0.524. The van der Waals surface area contributed by atoms with Crippen molar-refractivity contribution < 1.29 is 29.4 Å². The molecule has 0 spiro atoms. The summed E-state index contributed by atoms with van der Waals surface area (Å²) in [6.45, 7) is 3.06. The number of phenols is 1. The number of thioether (sulfide) groups is 1. The summed E-state index contributed by atoms with van der Waals surface area (Å²) in [5, 5.41) is 26.3. The lowest BCUT2D eigenvalue weighted by Crippen LogP contribution is -2.55. The van der Waals surface area contributed by atoms with Crippen LogP contribution in [0.4, 0.5) is 0 Å². The lowest BCUT2D eigenvalue weighted by atomic mass is 10.0. The smallest absolute Gasteiger partial charge is 0.326 e. The molecule has 11 heteroatoms. The summed E-state index contributed by atoms with van der Waals surface area (Å²) in [6, 6.07) is 3.03. The van der Waals surface area contributed by atoms with Crippen molar-refractivity contribution in [3.63, 3.8) is 0 Å². The average molecular weight is 469 g/mol. The van der Waals surface area contributed by atoms with E-state index >= 15 is 0 Å². The average Bonchev–Trinajstić information content (AvgIpc) is 2.74. The summed E-state index contributed by atoms with van der Waals surface area (Å²) >= 11 is 1.56. The van der Waals surface area contributed by atoms with Crippen molar-refractivity contribution in [1.82, 2.24) is 16.0 Å². The van der Waals surface area contributed by atoms with Gasteiger partial charge in [0.05, 0.1) is 12.6 Å². The third kappa shape index (κ3) is 9.56. The number of carboxylic acid groups (broad SMARTS) is 1. The summed E-state index contributed by atoms with van der Waals surface area (Å²) in [6.07, 6.45) is 2.38. The van der Waals surface area contributed by atoms with Gasteiger partial charge in [0, 0.05) is 6.42 Å². The zero-order valence-corrected chi connectivity index (χ0v) is 19.3. The largest absolute Gasteiger partial charge is 0.508 e. The molecule has 3 amide bonds. The fourth-order valence-electron chi connectivity index (χ4n) is 2.76. The number of nitrogens with two attached hydrogens (primary N) is 1. The first kappa shape index (κ1) is 27.2. The number of carbonyl (C=O) groups excluding carboxylic acids is 3. The highest BCUT2D eigenvalue weighted by Gasteiger charge is 2.29. The van der Waals surface area contributed by atoms with E-state index in [4.69, 9.17) is 5.73 Å². The Morgan fingerprint density at radius 2 is 1.69 bits per heavy atom. The van der Waals surface area contributed by atoms with E-state index in [2.05, 4.69) is 16.0 Å². The Hall–Kier alpha value is -2.79. The van der Waals surface area contributed by atoms with Crippen LogP contribution in [0, 0.1) is 5.92 Å². The standard InChI is InChI=1S/C21H32N4O6S/c1-12(2)18(25-17(27)11-23-19(28)15(22)8-9-32-3)20(29)24-16(21(30)31)10-13-4-6-14(26)7-5-13/h4-7,12,15-16,18,26H,8-11,22H2,1-3H3,(H,23,28)(H,24,29)(H,25,27)(H,30,31). The van der Waals surface area contributed by atoms with E-state index in [1.54, 1.807) is 37.7 Å². The van der Waals surface area contributed by atoms with Crippen LogP contribution in [-0.4, -0.2) is 70.6 Å². The first-order chi connectivity index (χ1) is 15.0. The minimum absolute atomic E-state index is 0.00407. The summed E-state index contributed by atoms with van der Waals surface area (Å²) < 4.78 is 0. The molecule has 0 aliphatic rings. The lowest BCUT2D eigenvalue weighted by Gasteiger charge is -2.24. The van der Waals surface area contributed by atoms with Crippen molar-refractivity contribution in [3.8, 4) is 5.75 Å². The molecule has 3 unspecified atom stereocenters. The second kappa shape index (κ2) is 13.6. The van der Waals surface area contributed by atoms with Gasteiger partial charge in [-0.1, -0.05) is 26.0 Å². The second-order valence-corrected chi connectivity index (χ2v) is 8.65. The number of carboxylic acids is 1. The molecule has 0 heterocycles. The van der Waals surface area contributed by atoms with Crippen molar-refractivity contribution >= 4 is 35.5 Å². The summed E-state index contributed by atoms with van der Waals surface area (Å²) in [5.74, 6) is -2.50. The molecule has 1 aromatic rings. The molecule has 3 atom stereocenters. The van der Waals surface area contributed by atoms with Crippen molar-refractivity contribution in [1.29, 1.82) is 0 Å². The van der Waals surface area contributed by atoms with Gasteiger partial charge in [0.2, 0.25) is 17.7 Å². The predicted molar refractivity (Wildman–Crippen MR) is 122 cm³/mol. The van der Waals surface area contributed by atoms with Crippen molar-refractivity contribution in [2.24, 2.45) is 11.7 Å². The maximum absolute atomic E-state index is 12.7. The van der Waals surface area contributed by atoms with Crippen LogP contribution in [0.1, 0.15) is 25.8 Å². The van der Waals surface area contributed by atoms with E-state index in [0.29, 0.717) is 17.7 Å². The molecule has 1 rings (SSSR count). The number of nitrogens with one attached hydrogen (secondary N) is 3. The molecule has 0 aliphatic heterocycles. The molecule has 0 radical (unpaired) electrons. The number of aliphatic carboxylic acids is 1. The molecule has 178 valence electrons. The molecular formula is C21H32N4O6S. The highest BCUT2D eigenvalue weighted by molar-refractivity contribution is 7.98. The number of aromatic hydroxyl groups is 1. The SMILES string of the molecule is CSCCC(N)C(=O)NCC(=O)NC(C(=O)NC(Cc1ccc(O)cc1)C(=O)O)C(C)C. The Kier molecular flexibility index (Phi) is 11.6. The molecule has 0 fully saturated rings. The molecule has 0 bridgehead atoms. The number of phenolic OH excluding ortho intramolecular Hbond substituents is 1. The highest BCUT2D eigenvalue weighted by Crippen LogP contribution is 2.12. The molecule has 0 aliphatic carbocycles. The van der Waals surface area contributed by atoms with Crippen LogP contribution < -0.4 is 21.7 Å². The van der Waals surface area contributed by atoms with E-state index in [0.717, 1.165) is 0 Å². The van der Waals surface area contributed by atoms with Gasteiger partial charge in [0.25, 0.3) is 0 Å². The van der Waals surface area contributed by atoms with E-state index in [9.17, 15) is 29.4 Å². The summed E-state index contributed by atoms with van der Waals surface area (Å²) in [7, 11) is 0. The monoisotopic (exact) mass is 468 g/mol. The molecule has 1 aromatic carbocycles. The Labute approximate surface area is 191 Å². The van der Waals surface area contributed by atoms with Crippen molar-refractivity contribution in [2.45, 2.75) is 44.8 Å². The van der Waals surface area contributed by atoms with E-state index in [1.807, 2.05) is 6.26 Å². The molecule has 0 saturated carbocycles. The van der Waals surface area contributed by atoms with Crippen LogP contribution in [0.25, 0.3) is 0 Å². The molecule has 10 nitrogen and oxygen atoms in total. The van der Waals surface area contributed by atoms with Crippen molar-refractivity contribution in [2.75, 3.05) is 18.6 Å². The van der Waals surface area contributed by atoms with Gasteiger partial charge >= 0.3 is 5.97 Å². The van der Waals surface area contributed by atoms with Gasteiger partial charge in [-0.25, -0.2) is 4.79 Å². The number of rotatable bonds is 13. The minimum Gasteiger partial charge on any atom is -0.508 e. The van der Waals surface area contributed by atoms with Gasteiger partial charge in [0.15, 0.2) is 0 Å². The van der Waals surface area contributed by atoms with Gasteiger partial charge < -0.3 is 31.9 Å². The number of amides is 3. The zero-order chi connectivity index (χ0) is 24.3. The third-order valence-electron chi connectivity index (χ3n) is 4.65. The quantitative estimate of drug-likeness (QED) is 0.232. The topological polar surface area (TPSA) is 171 Å². The number of hydrogen-bond donors (Lipinski definition) is 6. The molecule has 7 N–H and O–H groups in total. The zero-order valence-electron chi connectivity index (χ0n) is 18.5. The summed E-state index contributed by atoms with van der Waals surface area (Å²) in [5.41, 5.74) is 6.36. The summed E-state index contributed by atoms with van der Waals surface area (Å²) in [4.78, 5) is 48.5. The predicted octanol–water partition coefficient (Wildman–Crippen LogP) is -0.158. The van der Waals surface area contributed by atoms with Crippen LogP contribution in [0.2, 0.25) is 0 Å². The van der Waals surface area contributed by atoms with Crippen LogP contribution in [0.5, 0.6) is 5.75 Å². The van der Waals surface area contributed by atoms with E-state index in [-0.39, 0.29) is 24.6 Å². The van der Waals surface area contributed by atoms with Crippen LogP contribution in [0.3, 0.4) is 0 Å². The first-order valence-corrected chi connectivity index (χ1v) is 11.6. The van der Waals surface area contributed by atoms with E-state index in [1.165, 1.54) is 12.1 Å². The van der Waals surface area contributed by atoms with Gasteiger partial charge in [-0.2, -0.15) is 11.8 Å². The molecule has 0 aromatic heterocycles. The van der Waals surface area contributed by atoms with Crippen LogP contribution in [-0.2, 0) is 25.6 Å². The Morgan fingerprint density at radius 3 is 2.22 bits per heavy atom. The fourth-order valence-corrected chi connectivity index (χ4v) is 3.25. The molecule has 0 saturated heterocycles. The second-order valence-electron chi connectivity index (χ2n) is 7.66. The minimum atomic E-state index is -1.23. The van der Waals surface area contributed by atoms with Crippen LogP contribution in [0.15, 0.2) is 24.3 Å². The van der Waals surface area contributed by atoms with Gasteiger partial charge in [0.1, 0.15) is 17.8 Å². The first-order valence-electron chi connectivity index (χ1n) is 10.2. The van der Waals surface area contributed by atoms with E-state index < -0.39 is 41.8 Å². The number of benzene rings is 1. The van der Waals surface area contributed by atoms with Gasteiger partial charge in [-0.15, -0.1) is 0 Å². The van der Waals surface area contributed by atoms with Gasteiger partial charge in [-0.05, 0) is 42.0 Å². The maximum atomic E-state index is 12.7. The third-order valence-corrected chi connectivity index (χ3v) is 5.29. The normalized spacial score (nSPS) is 13.7. The Morgan fingerprint density at radius 1 is 1.06 bits per heavy atom. The lowest BCUT2D eigenvalue weighted by molar-refractivity contribution is -0.142. The van der Waals surface area contributed by atoms with Crippen molar-refractivity contribution in [3.05, 3.63) is 29.8 Å². The van der Waals surface area contributed by atoms with Crippen LogP contribution >= 0.6 is 11.8 Å². The number of carbonyl (C=O) groups is 4. The van der Waals surface area contributed by atoms with Gasteiger partial charge in [-0.3, -0.25) is 14.4 Å². The Bertz CT molecular complexity index is 787. The molecule has 32 heavy (non-hydrogen) atoms. The Balaban J connectivity index is 2.68. The highest BCUT2D eigenvalue weighted by atomic mass is 32.2. The number of hydrogen-bond acceptors (Lipinski definition) is 7.